The fraction of sp³-hybridized carbons (Fsp3) is 0.0417. The quantitative estimate of drug-likeness (QED) is 0.287. The Morgan fingerprint density at radius 1 is 1.00 bits per heavy atom. The molecule has 33 heavy (non-hydrogen) atoms. The summed E-state index contributed by atoms with van der Waals surface area (Å²) >= 11 is 18.4. The number of carboxylic acids is 1. The Balaban J connectivity index is 1.59. The van der Waals surface area contributed by atoms with Crippen LogP contribution in [0.1, 0.15) is 17.2 Å². The van der Waals surface area contributed by atoms with Crippen LogP contribution >= 0.6 is 47.2 Å². The van der Waals surface area contributed by atoms with Crippen molar-refractivity contribution in [3.8, 4) is 11.5 Å². The molecule has 1 fully saturated rings. The Hall–Kier alpha value is -2.84. The average molecular weight is 516 g/mol. The van der Waals surface area contributed by atoms with Crippen LogP contribution in [-0.4, -0.2) is 26.2 Å². The molecule has 0 aromatic heterocycles. The highest BCUT2D eigenvalue weighted by atomic mass is 35.5. The zero-order chi connectivity index (χ0) is 23.5. The van der Waals surface area contributed by atoms with Gasteiger partial charge in [0.25, 0.3) is 5.91 Å². The highest BCUT2D eigenvalue weighted by molar-refractivity contribution is 8.26. The van der Waals surface area contributed by atoms with Crippen molar-refractivity contribution in [2.75, 3.05) is 0 Å². The Labute approximate surface area is 209 Å². The van der Waals surface area contributed by atoms with Gasteiger partial charge in [-0.2, -0.15) is 0 Å². The first-order valence-corrected chi connectivity index (χ1v) is 11.6. The molecule has 1 aliphatic heterocycles. The molecule has 1 atom stereocenters. The van der Waals surface area contributed by atoms with E-state index in [2.05, 4.69) is 0 Å². The molecule has 166 valence electrons. The van der Waals surface area contributed by atoms with Crippen molar-refractivity contribution in [1.82, 2.24) is 4.90 Å². The number of thioether (sulfide) groups is 1. The number of nitrogens with zero attached hydrogens (tertiary/aromatic N) is 1. The molecule has 9 heteroatoms. The van der Waals surface area contributed by atoms with Gasteiger partial charge < -0.3 is 9.84 Å². The SMILES string of the molecule is O=C(O)C(c1ccccc1)N1C(=O)/C(=C\c2cccc(Oc3ccc(Cl)c(Cl)c3)c2)SC1=S. The van der Waals surface area contributed by atoms with E-state index in [9.17, 15) is 14.7 Å². The summed E-state index contributed by atoms with van der Waals surface area (Å²) in [7, 11) is 0. The van der Waals surface area contributed by atoms with Crippen molar-refractivity contribution in [2.45, 2.75) is 6.04 Å². The van der Waals surface area contributed by atoms with Crippen molar-refractivity contribution >= 4 is 69.5 Å². The van der Waals surface area contributed by atoms with Gasteiger partial charge in [0, 0.05) is 6.07 Å². The second-order valence-corrected chi connectivity index (χ2v) is 9.44. The number of rotatable bonds is 6. The maximum atomic E-state index is 13.1. The van der Waals surface area contributed by atoms with Crippen molar-refractivity contribution < 1.29 is 19.4 Å². The maximum absolute atomic E-state index is 13.1. The minimum atomic E-state index is -1.20. The van der Waals surface area contributed by atoms with Crippen LogP contribution in [0.15, 0.2) is 77.7 Å². The minimum absolute atomic E-state index is 0.186. The summed E-state index contributed by atoms with van der Waals surface area (Å²) in [6.45, 7) is 0. The number of benzene rings is 3. The van der Waals surface area contributed by atoms with Crippen molar-refractivity contribution in [3.63, 3.8) is 0 Å². The molecule has 0 radical (unpaired) electrons. The molecule has 1 unspecified atom stereocenters. The molecule has 1 N–H and O–H groups in total. The van der Waals surface area contributed by atoms with Gasteiger partial charge in [0.15, 0.2) is 6.04 Å². The first-order chi connectivity index (χ1) is 15.8. The van der Waals surface area contributed by atoms with E-state index in [4.69, 9.17) is 40.2 Å². The standard InChI is InChI=1S/C24H15Cl2NO4S2/c25-18-10-9-17(13-19(18)26)31-16-8-4-5-14(11-16)12-20-22(28)27(24(32)33-20)21(23(29)30)15-6-2-1-3-7-15/h1-13,21H,(H,29,30)/b20-12+. The van der Waals surface area contributed by atoms with Gasteiger partial charge in [-0.05, 0) is 41.5 Å². The summed E-state index contributed by atoms with van der Waals surface area (Å²) in [5.74, 6) is -0.571. The Morgan fingerprint density at radius 3 is 2.42 bits per heavy atom. The fourth-order valence-corrected chi connectivity index (χ4v) is 4.84. The number of hydrogen-bond acceptors (Lipinski definition) is 5. The molecule has 0 aliphatic carbocycles. The van der Waals surface area contributed by atoms with Gasteiger partial charge in [-0.15, -0.1) is 0 Å². The van der Waals surface area contributed by atoms with Crippen molar-refractivity contribution in [3.05, 3.63) is 98.9 Å². The van der Waals surface area contributed by atoms with Crippen LogP contribution in [-0.2, 0) is 9.59 Å². The van der Waals surface area contributed by atoms with Crippen LogP contribution in [0.3, 0.4) is 0 Å². The average Bonchev–Trinajstić information content (AvgIpc) is 3.05. The number of halogens is 2. The first-order valence-electron chi connectivity index (χ1n) is 9.61. The topological polar surface area (TPSA) is 66.8 Å². The first kappa shape index (κ1) is 23.3. The predicted octanol–water partition coefficient (Wildman–Crippen LogP) is 6.81. The largest absolute Gasteiger partial charge is 0.479 e. The lowest BCUT2D eigenvalue weighted by Crippen LogP contribution is -2.37. The number of aliphatic carboxylic acids is 1. The lowest BCUT2D eigenvalue weighted by atomic mass is 10.1. The van der Waals surface area contributed by atoms with Gasteiger partial charge >= 0.3 is 5.97 Å². The van der Waals surface area contributed by atoms with Gasteiger partial charge in [0.1, 0.15) is 15.8 Å². The van der Waals surface area contributed by atoms with E-state index < -0.39 is 17.9 Å². The molecule has 3 aromatic rings. The Kier molecular flexibility index (Phi) is 7.05. The van der Waals surface area contributed by atoms with E-state index in [1.54, 1.807) is 78.9 Å². The third-order valence-corrected chi connectivity index (χ3v) is 6.78. The third kappa shape index (κ3) is 5.23. The van der Waals surface area contributed by atoms with E-state index in [0.29, 0.717) is 37.6 Å². The molecule has 3 aromatic carbocycles. The molecule has 0 saturated carbocycles. The molecular formula is C24H15Cl2NO4S2. The summed E-state index contributed by atoms with van der Waals surface area (Å²) in [6, 6.07) is 19.4. The van der Waals surface area contributed by atoms with Crippen LogP contribution in [0.2, 0.25) is 10.0 Å². The summed E-state index contributed by atoms with van der Waals surface area (Å²) in [5, 5.41) is 10.6. The van der Waals surface area contributed by atoms with Gasteiger partial charge in [0.05, 0.1) is 15.0 Å². The van der Waals surface area contributed by atoms with Crippen LogP contribution in [0.5, 0.6) is 11.5 Å². The van der Waals surface area contributed by atoms with E-state index in [0.717, 1.165) is 16.7 Å². The second kappa shape index (κ2) is 9.97. The van der Waals surface area contributed by atoms with E-state index in [-0.39, 0.29) is 4.32 Å². The summed E-state index contributed by atoms with van der Waals surface area (Å²) in [4.78, 5) is 26.6. The molecule has 1 amide bonds. The predicted molar refractivity (Wildman–Crippen MR) is 135 cm³/mol. The van der Waals surface area contributed by atoms with E-state index in [1.807, 2.05) is 0 Å². The number of carboxylic acid groups (broad SMARTS) is 1. The lowest BCUT2D eigenvalue weighted by Gasteiger charge is -2.23. The van der Waals surface area contributed by atoms with E-state index in [1.165, 1.54) is 0 Å². The molecular weight excluding hydrogens is 501 g/mol. The Morgan fingerprint density at radius 2 is 1.73 bits per heavy atom. The minimum Gasteiger partial charge on any atom is -0.479 e. The zero-order valence-electron chi connectivity index (χ0n) is 16.8. The second-order valence-electron chi connectivity index (χ2n) is 6.95. The molecule has 0 bridgehead atoms. The summed E-state index contributed by atoms with van der Waals surface area (Å²) < 4.78 is 6.02. The van der Waals surface area contributed by atoms with Gasteiger partial charge in [-0.3, -0.25) is 9.69 Å². The number of thiocarbonyl (C=S) groups is 1. The van der Waals surface area contributed by atoms with Crippen LogP contribution in [0.4, 0.5) is 0 Å². The van der Waals surface area contributed by atoms with Crippen molar-refractivity contribution in [2.24, 2.45) is 0 Å². The number of carbonyl (C=O) groups is 2. The highest BCUT2D eigenvalue weighted by Crippen LogP contribution is 2.39. The molecule has 4 rings (SSSR count). The molecule has 1 saturated heterocycles. The zero-order valence-corrected chi connectivity index (χ0v) is 19.9. The Bertz CT molecular complexity index is 1280. The third-order valence-electron chi connectivity index (χ3n) is 4.71. The van der Waals surface area contributed by atoms with Crippen LogP contribution in [0, 0.1) is 0 Å². The molecule has 1 aliphatic rings. The van der Waals surface area contributed by atoms with Crippen LogP contribution < -0.4 is 4.74 Å². The lowest BCUT2D eigenvalue weighted by molar-refractivity contribution is -0.145. The van der Waals surface area contributed by atoms with Gasteiger partial charge in [-0.25, -0.2) is 4.79 Å². The van der Waals surface area contributed by atoms with Gasteiger partial charge in [0.2, 0.25) is 0 Å². The van der Waals surface area contributed by atoms with Crippen LogP contribution in [0.25, 0.3) is 6.08 Å². The van der Waals surface area contributed by atoms with Crippen molar-refractivity contribution in [1.29, 1.82) is 0 Å². The maximum Gasteiger partial charge on any atom is 0.331 e. The fourth-order valence-electron chi connectivity index (χ4n) is 3.24. The number of carbonyl (C=O) groups excluding carboxylic acids is 1. The molecule has 5 nitrogen and oxygen atoms in total. The summed E-state index contributed by atoms with van der Waals surface area (Å²) in [6.07, 6.45) is 1.66. The monoisotopic (exact) mass is 515 g/mol. The number of amides is 1. The number of ether oxygens (including phenoxy) is 1. The summed E-state index contributed by atoms with van der Waals surface area (Å²) in [5.41, 5.74) is 1.17. The van der Waals surface area contributed by atoms with Gasteiger partial charge in [-0.1, -0.05) is 89.6 Å². The number of hydrogen-bond donors (Lipinski definition) is 1. The molecule has 0 spiro atoms. The normalized spacial score (nSPS) is 15.7. The van der Waals surface area contributed by atoms with E-state index >= 15 is 0 Å². The molecule has 1 heterocycles. The smallest absolute Gasteiger partial charge is 0.331 e. The highest BCUT2D eigenvalue weighted by Gasteiger charge is 2.41.